The lowest BCUT2D eigenvalue weighted by Gasteiger charge is -2.13. The number of esters is 1. The van der Waals surface area contributed by atoms with Gasteiger partial charge in [-0.15, -0.1) is 0 Å². The van der Waals surface area contributed by atoms with Crippen LogP contribution in [0.5, 0.6) is 0 Å². The molecule has 1 amide bonds. The normalized spacial score (nSPS) is 11.3. The molecule has 0 radical (unpaired) electrons. The number of carbonyl (C=O) groups excluding carboxylic acids is 2. The van der Waals surface area contributed by atoms with Crippen molar-refractivity contribution in [3.8, 4) is 5.69 Å². The third-order valence-corrected chi connectivity index (χ3v) is 4.32. The Morgan fingerprint density at radius 2 is 1.83 bits per heavy atom. The molecule has 0 unspecified atom stereocenters. The summed E-state index contributed by atoms with van der Waals surface area (Å²) in [6, 6.07) is 8.43. The summed E-state index contributed by atoms with van der Waals surface area (Å²) in [6.45, 7) is 0. The van der Waals surface area contributed by atoms with E-state index in [0.29, 0.717) is 10.9 Å². The summed E-state index contributed by atoms with van der Waals surface area (Å²) >= 11 is 5.88. The zero-order valence-electron chi connectivity index (χ0n) is 15.1. The fourth-order valence-electron chi connectivity index (χ4n) is 2.66. The molecule has 3 rings (SSSR count). The molecule has 0 bridgehead atoms. The minimum atomic E-state index is -5.01. The number of para-hydroxylation sites is 1. The van der Waals surface area contributed by atoms with Gasteiger partial charge in [0.1, 0.15) is 11.5 Å². The van der Waals surface area contributed by atoms with E-state index in [0.717, 1.165) is 25.3 Å². The molecule has 0 fully saturated rings. The van der Waals surface area contributed by atoms with Gasteiger partial charge in [0, 0.05) is 5.69 Å². The molecule has 2 aromatic carbocycles. The van der Waals surface area contributed by atoms with Gasteiger partial charge in [-0.1, -0.05) is 23.7 Å². The van der Waals surface area contributed by atoms with Gasteiger partial charge in [0.15, 0.2) is 5.69 Å². The van der Waals surface area contributed by atoms with E-state index < -0.39 is 40.8 Å². The third kappa shape index (κ3) is 4.13. The molecule has 11 heteroatoms. The largest absolute Gasteiger partial charge is 0.465 e. The van der Waals surface area contributed by atoms with Gasteiger partial charge in [-0.25, -0.2) is 13.9 Å². The van der Waals surface area contributed by atoms with Crippen molar-refractivity contribution in [1.82, 2.24) is 9.78 Å². The van der Waals surface area contributed by atoms with Crippen LogP contribution in [0.2, 0.25) is 5.02 Å². The van der Waals surface area contributed by atoms with Crippen LogP contribution in [0.1, 0.15) is 26.4 Å². The average molecular weight is 442 g/mol. The number of carbonyl (C=O) groups is 2. The van der Waals surface area contributed by atoms with E-state index in [1.807, 2.05) is 0 Å². The Bertz CT molecular complexity index is 1130. The number of nitrogens with one attached hydrogen (secondary N) is 1. The highest BCUT2D eigenvalue weighted by Crippen LogP contribution is 2.34. The Hall–Kier alpha value is -3.40. The minimum absolute atomic E-state index is 0.00318. The van der Waals surface area contributed by atoms with Gasteiger partial charge in [0.2, 0.25) is 0 Å². The molecule has 0 aliphatic rings. The van der Waals surface area contributed by atoms with E-state index in [2.05, 4.69) is 15.2 Å². The lowest BCUT2D eigenvalue weighted by molar-refractivity contribution is -0.143. The molecular weight excluding hydrogens is 430 g/mol. The maximum absolute atomic E-state index is 14.0. The summed E-state index contributed by atoms with van der Waals surface area (Å²) in [6.07, 6.45) is -4.33. The first-order valence-corrected chi connectivity index (χ1v) is 8.60. The van der Waals surface area contributed by atoms with Crippen molar-refractivity contribution in [3.05, 3.63) is 76.3 Å². The molecule has 3 aromatic rings. The van der Waals surface area contributed by atoms with Crippen LogP contribution in [0.3, 0.4) is 0 Å². The van der Waals surface area contributed by atoms with Crippen molar-refractivity contribution in [2.45, 2.75) is 6.18 Å². The van der Waals surface area contributed by atoms with E-state index in [1.165, 1.54) is 24.3 Å². The molecule has 1 heterocycles. The SMILES string of the molecule is COC(=O)c1cc(NC(=O)c2cnn(-c3ccccc3F)c2C(F)(F)F)ccc1Cl. The highest BCUT2D eigenvalue weighted by Gasteiger charge is 2.41. The Morgan fingerprint density at radius 1 is 1.13 bits per heavy atom. The summed E-state index contributed by atoms with van der Waals surface area (Å²) in [5, 5.41) is 5.83. The minimum Gasteiger partial charge on any atom is -0.465 e. The summed E-state index contributed by atoms with van der Waals surface area (Å²) in [7, 11) is 1.12. The van der Waals surface area contributed by atoms with E-state index >= 15 is 0 Å². The number of halogens is 5. The van der Waals surface area contributed by atoms with Crippen molar-refractivity contribution in [2.75, 3.05) is 12.4 Å². The summed E-state index contributed by atoms with van der Waals surface area (Å²) in [5.41, 5.74) is -2.84. The van der Waals surface area contributed by atoms with Gasteiger partial charge in [-0.3, -0.25) is 4.79 Å². The molecule has 0 aliphatic carbocycles. The lowest BCUT2D eigenvalue weighted by atomic mass is 10.1. The van der Waals surface area contributed by atoms with Crippen LogP contribution in [0, 0.1) is 5.82 Å². The first-order valence-electron chi connectivity index (χ1n) is 8.23. The van der Waals surface area contributed by atoms with Crippen LogP contribution in [-0.4, -0.2) is 28.8 Å². The highest BCUT2D eigenvalue weighted by atomic mass is 35.5. The van der Waals surface area contributed by atoms with Crippen molar-refractivity contribution in [2.24, 2.45) is 0 Å². The quantitative estimate of drug-likeness (QED) is 0.469. The number of anilines is 1. The number of hydrogen-bond donors (Lipinski definition) is 1. The first-order chi connectivity index (χ1) is 14.1. The predicted molar refractivity (Wildman–Crippen MR) is 99.3 cm³/mol. The zero-order valence-corrected chi connectivity index (χ0v) is 15.9. The summed E-state index contributed by atoms with van der Waals surface area (Å²) in [5.74, 6) is -2.90. The molecule has 156 valence electrons. The molecule has 0 saturated carbocycles. The van der Waals surface area contributed by atoms with E-state index in [9.17, 15) is 27.2 Å². The second-order valence-electron chi connectivity index (χ2n) is 5.91. The standard InChI is InChI=1S/C19H12ClF4N3O3/c1-30-18(29)11-8-10(6-7-13(11)20)26-17(28)12-9-25-27(16(12)19(22,23)24)15-5-3-2-4-14(15)21/h2-9H,1H3,(H,26,28). The predicted octanol–water partition coefficient (Wildman–Crippen LogP) is 4.72. The molecule has 30 heavy (non-hydrogen) atoms. The van der Waals surface area contributed by atoms with Crippen LogP contribution < -0.4 is 5.32 Å². The second-order valence-corrected chi connectivity index (χ2v) is 6.32. The third-order valence-electron chi connectivity index (χ3n) is 3.99. The molecule has 1 N–H and O–H groups in total. The highest BCUT2D eigenvalue weighted by molar-refractivity contribution is 6.33. The van der Waals surface area contributed by atoms with E-state index in [1.54, 1.807) is 0 Å². The molecule has 0 aliphatic heterocycles. The molecule has 0 saturated heterocycles. The zero-order chi connectivity index (χ0) is 22.1. The Morgan fingerprint density at radius 3 is 2.47 bits per heavy atom. The number of alkyl halides is 3. The van der Waals surface area contributed by atoms with Crippen LogP contribution in [0.25, 0.3) is 5.69 Å². The number of nitrogens with zero attached hydrogens (tertiary/aromatic N) is 2. The van der Waals surface area contributed by atoms with Crippen LogP contribution >= 0.6 is 11.6 Å². The topological polar surface area (TPSA) is 73.2 Å². The number of benzene rings is 2. The van der Waals surface area contributed by atoms with Gasteiger partial charge in [0.05, 0.1) is 29.5 Å². The van der Waals surface area contributed by atoms with Gasteiger partial charge < -0.3 is 10.1 Å². The average Bonchev–Trinajstić information content (AvgIpc) is 3.15. The summed E-state index contributed by atoms with van der Waals surface area (Å²) in [4.78, 5) is 24.2. The van der Waals surface area contributed by atoms with E-state index in [-0.39, 0.29) is 16.3 Å². The monoisotopic (exact) mass is 441 g/mol. The molecular formula is C19H12ClF4N3O3. The smallest absolute Gasteiger partial charge is 0.434 e. The number of methoxy groups -OCH3 is 1. The first kappa shape index (κ1) is 21.3. The molecule has 6 nitrogen and oxygen atoms in total. The number of ether oxygens (including phenoxy) is 1. The van der Waals surface area contributed by atoms with Crippen molar-refractivity contribution < 1.29 is 31.9 Å². The van der Waals surface area contributed by atoms with E-state index in [4.69, 9.17) is 11.6 Å². The number of amides is 1. The number of rotatable bonds is 4. The fraction of sp³-hybridized carbons (Fsp3) is 0.105. The molecule has 0 atom stereocenters. The van der Waals surface area contributed by atoms with Crippen molar-refractivity contribution >= 4 is 29.2 Å². The fourth-order valence-corrected chi connectivity index (χ4v) is 2.86. The van der Waals surface area contributed by atoms with Gasteiger partial charge >= 0.3 is 12.1 Å². The number of hydrogen-bond acceptors (Lipinski definition) is 4. The molecule has 1 aromatic heterocycles. The number of aromatic nitrogens is 2. The Balaban J connectivity index is 2.02. The van der Waals surface area contributed by atoms with Crippen LogP contribution in [0.4, 0.5) is 23.2 Å². The maximum Gasteiger partial charge on any atom is 0.434 e. The van der Waals surface area contributed by atoms with Crippen LogP contribution in [0.15, 0.2) is 48.7 Å². The van der Waals surface area contributed by atoms with Crippen molar-refractivity contribution in [1.29, 1.82) is 0 Å². The van der Waals surface area contributed by atoms with Gasteiger partial charge in [0.25, 0.3) is 5.91 Å². The van der Waals surface area contributed by atoms with Gasteiger partial charge in [-0.2, -0.15) is 18.3 Å². The maximum atomic E-state index is 14.0. The second kappa shape index (κ2) is 8.15. The Labute approximate surface area is 172 Å². The van der Waals surface area contributed by atoms with Gasteiger partial charge in [-0.05, 0) is 30.3 Å². The summed E-state index contributed by atoms with van der Waals surface area (Å²) < 4.78 is 59.9. The van der Waals surface area contributed by atoms with Crippen molar-refractivity contribution in [3.63, 3.8) is 0 Å². The lowest BCUT2D eigenvalue weighted by Crippen LogP contribution is -2.21. The van der Waals surface area contributed by atoms with Crippen LogP contribution in [-0.2, 0) is 10.9 Å². The molecule has 0 spiro atoms. The Kier molecular flexibility index (Phi) is 5.79.